The summed E-state index contributed by atoms with van der Waals surface area (Å²) in [6, 6.07) is 7.22. The number of nitrogens with zero attached hydrogens (tertiary/aromatic N) is 4. The lowest BCUT2D eigenvalue weighted by molar-refractivity contribution is 1.33. The summed E-state index contributed by atoms with van der Waals surface area (Å²) in [6.45, 7) is 0. The fourth-order valence-electron chi connectivity index (χ4n) is 0.934. The van der Waals surface area contributed by atoms with Crippen LogP contribution in [0.3, 0.4) is 0 Å². The summed E-state index contributed by atoms with van der Waals surface area (Å²) in [5.74, 6) is 0. The minimum absolute atomic E-state index is 0.386. The second-order valence-corrected chi connectivity index (χ2v) is 3.00. The molecule has 0 fully saturated rings. The van der Waals surface area contributed by atoms with Crippen molar-refractivity contribution in [2.24, 2.45) is 5.11 Å². The van der Waals surface area contributed by atoms with E-state index in [1.807, 2.05) is 18.4 Å². The first-order valence-electron chi connectivity index (χ1n) is 3.45. The fraction of sp³-hybridized carbons (Fsp3) is 0.125. The van der Waals surface area contributed by atoms with Crippen molar-refractivity contribution in [2.45, 2.75) is 4.90 Å². The Kier molecular flexibility index (Phi) is 3.21. The topological polar surface area (TPSA) is 72.6 Å². The third-order valence-corrected chi connectivity index (χ3v) is 2.27. The summed E-state index contributed by atoms with van der Waals surface area (Å²) in [5.41, 5.74) is 9.07. The van der Waals surface area contributed by atoms with Gasteiger partial charge in [0.1, 0.15) is 6.07 Å². The van der Waals surface area contributed by atoms with E-state index in [9.17, 15) is 0 Å². The molecule has 0 aromatic heterocycles. The largest absolute Gasteiger partial charge is 0.192 e. The summed E-state index contributed by atoms with van der Waals surface area (Å²) >= 11 is 1.45. The minimum atomic E-state index is 0.386. The minimum Gasteiger partial charge on any atom is -0.192 e. The van der Waals surface area contributed by atoms with Crippen LogP contribution in [-0.4, -0.2) is 6.26 Å². The first kappa shape index (κ1) is 9.46. The van der Waals surface area contributed by atoms with Crippen LogP contribution in [0.2, 0.25) is 0 Å². The van der Waals surface area contributed by atoms with Gasteiger partial charge in [0.2, 0.25) is 0 Å². The van der Waals surface area contributed by atoms with Crippen molar-refractivity contribution in [3.8, 4) is 6.07 Å². The third kappa shape index (κ3) is 1.94. The first-order valence-corrected chi connectivity index (χ1v) is 4.68. The number of rotatable bonds is 2. The van der Waals surface area contributed by atoms with Gasteiger partial charge in [0.05, 0.1) is 11.3 Å². The van der Waals surface area contributed by atoms with E-state index in [1.165, 1.54) is 11.8 Å². The predicted molar refractivity (Wildman–Crippen MR) is 51.7 cm³/mol. The first-order chi connectivity index (χ1) is 6.33. The Balaban J connectivity index is 3.37. The second-order valence-electron chi connectivity index (χ2n) is 2.16. The zero-order chi connectivity index (χ0) is 9.68. The van der Waals surface area contributed by atoms with Crippen molar-refractivity contribution in [2.75, 3.05) is 6.26 Å². The molecule has 4 nitrogen and oxygen atoms in total. The summed E-state index contributed by atoms with van der Waals surface area (Å²) in [4.78, 5) is 3.48. The van der Waals surface area contributed by atoms with Crippen molar-refractivity contribution in [1.82, 2.24) is 0 Å². The predicted octanol–water partition coefficient (Wildman–Crippen LogP) is 3.22. The highest BCUT2D eigenvalue weighted by atomic mass is 32.2. The van der Waals surface area contributed by atoms with Crippen molar-refractivity contribution < 1.29 is 0 Å². The Morgan fingerprint density at radius 3 is 2.92 bits per heavy atom. The molecule has 0 atom stereocenters. The molecule has 0 radical (unpaired) electrons. The smallest absolute Gasteiger partial charge is 0.101 e. The van der Waals surface area contributed by atoms with Gasteiger partial charge >= 0.3 is 0 Å². The second kappa shape index (κ2) is 4.41. The standard InChI is InChI=1S/C8H6N4S/c1-13-8-4-2-3-7(11-12-10)6(8)5-9/h2-4H,1H3. The summed E-state index contributed by atoms with van der Waals surface area (Å²) in [5, 5.41) is 12.2. The van der Waals surface area contributed by atoms with Crippen LogP contribution in [0, 0.1) is 11.3 Å². The molecule has 0 spiro atoms. The number of hydrogen-bond acceptors (Lipinski definition) is 3. The van der Waals surface area contributed by atoms with Gasteiger partial charge in [-0.05, 0) is 17.9 Å². The average Bonchev–Trinajstić information content (AvgIpc) is 2.18. The highest BCUT2D eigenvalue weighted by Crippen LogP contribution is 2.28. The number of nitriles is 1. The molecule has 0 N–H and O–H groups in total. The van der Waals surface area contributed by atoms with Gasteiger partial charge in [-0.15, -0.1) is 11.8 Å². The van der Waals surface area contributed by atoms with Crippen molar-refractivity contribution in [3.63, 3.8) is 0 Å². The molecule has 1 aromatic rings. The molecular formula is C8H6N4S. The summed E-state index contributed by atoms with van der Waals surface area (Å²) in [7, 11) is 0. The van der Waals surface area contributed by atoms with Crippen LogP contribution >= 0.6 is 11.8 Å². The number of thioether (sulfide) groups is 1. The Morgan fingerprint density at radius 2 is 2.38 bits per heavy atom. The zero-order valence-electron chi connectivity index (χ0n) is 6.93. The van der Waals surface area contributed by atoms with Crippen molar-refractivity contribution in [1.29, 1.82) is 5.26 Å². The quantitative estimate of drug-likeness (QED) is 0.311. The van der Waals surface area contributed by atoms with Crippen LogP contribution < -0.4 is 0 Å². The van der Waals surface area contributed by atoms with E-state index in [4.69, 9.17) is 10.8 Å². The Labute approximate surface area is 79.8 Å². The molecule has 0 unspecified atom stereocenters. The molecule has 0 bridgehead atoms. The van der Waals surface area contributed by atoms with Gasteiger partial charge in [-0.1, -0.05) is 17.2 Å². The molecule has 0 saturated carbocycles. The van der Waals surface area contributed by atoms with Crippen LogP contribution in [0.5, 0.6) is 0 Å². The molecule has 0 aliphatic rings. The molecule has 0 heterocycles. The fourth-order valence-corrected chi connectivity index (χ4v) is 1.50. The maximum Gasteiger partial charge on any atom is 0.101 e. The average molecular weight is 190 g/mol. The normalized spacial score (nSPS) is 8.62. The van der Waals surface area contributed by atoms with Crippen LogP contribution in [0.1, 0.15) is 5.56 Å². The van der Waals surface area contributed by atoms with Crippen molar-refractivity contribution in [3.05, 3.63) is 34.2 Å². The van der Waals surface area contributed by atoms with E-state index in [2.05, 4.69) is 10.0 Å². The monoisotopic (exact) mass is 190 g/mol. The molecule has 1 rings (SSSR count). The highest BCUT2D eigenvalue weighted by Gasteiger charge is 2.04. The molecule has 0 amide bonds. The molecule has 13 heavy (non-hydrogen) atoms. The van der Waals surface area contributed by atoms with Gasteiger partial charge < -0.3 is 0 Å². The lowest BCUT2D eigenvalue weighted by Gasteiger charge is -2.01. The molecule has 0 saturated heterocycles. The van der Waals surface area contributed by atoms with E-state index in [0.717, 1.165) is 4.90 Å². The SMILES string of the molecule is CSc1cccc(N=[N+]=[N-])c1C#N. The molecule has 0 aliphatic carbocycles. The molecule has 64 valence electrons. The van der Waals surface area contributed by atoms with Crippen molar-refractivity contribution >= 4 is 17.4 Å². The Bertz CT molecular complexity index is 401. The third-order valence-electron chi connectivity index (χ3n) is 1.49. The van der Waals surface area contributed by atoms with Crippen LogP contribution in [0.25, 0.3) is 10.4 Å². The van der Waals surface area contributed by atoms with Crippen LogP contribution in [0.15, 0.2) is 28.2 Å². The maximum atomic E-state index is 8.81. The van der Waals surface area contributed by atoms with E-state index in [1.54, 1.807) is 12.1 Å². The summed E-state index contributed by atoms with van der Waals surface area (Å²) in [6.07, 6.45) is 1.87. The van der Waals surface area contributed by atoms with E-state index in [-0.39, 0.29) is 0 Å². The molecule has 5 heteroatoms. The van der Waals surface area contributed by atoms with Gasteiger partial charge in [0.15, 0.2) is 0 Å². The Morgan fingerprint density at radius 1 is 1.62 bits per heavy atom. The number of hydrogen-bond donors (Lipinski definition) is 0. The van der Waals surface area contributed by atoms with Gasteiger partial charge in [0, 0.05) is 9.81 Å². The number of azide groups is 1. The number of benzene rings is 1. The zero-order valence-corrected chi connectivity index (χ0v) is 7.75. The van der Waals surface area contributed by atoms with Gasteiger partial charge in [-0.3, -0.25) is 0 Å². The molecule has 1 aromatic carbocycles. The molecule has 0 aliphatic heterocycles. The van der Waals surface area contributed by atoms with Crippen LogP contribution in [0.4, 0.5) is 5.69 Å². The maximum absolute atomic E-state index is 8.81. The molecular weight excluding hydrogens is 184 g/mol. The van der Waals surface area contributed by atoms with E-state index in [0.29, 0.717) is 11.3 Å². The van der Waals surface area contributed by atoms with Crippen LogP contribution in [-0.2, 0) is 0 Å². The lowest BCUT2D eigenvalue weighted by atomic mass is 10.2. The summed E-state index contributed by atoms with van der Waals surface area (Å²) < 4.78 is 0. The highest BCUT2D eigenvalue weighted by molar-refractivity contribution is 7.98. The van der Waals surface area contributed by atoms with Gasteiger partial charge in [-0.25, -0.2) is 0 Å². The lowest BCUT2D eigenvalue weighted by Crippen LogP contribution is -1.79. The van der Waals surface area contributed by atoms with E-state index >= 15 is 0 Å². The van der Waals surface area contributed by atoms with E-state index < -0.39 is 0 Å². The van der Waals surface area contributed by atoms with Gasteiger partial charge in [0.25, 0.3) is 0 Å². The Hall–Kier alpha value is -1.63. The van der Waals surface area contributed by atoms with Gasteiger partial charge in [-0.2, -0.15) is 5.26 Å².